The quantitative estimate of drug-likeness (QED) is 0.706. The van der Waals surface area contributed by atoms with Gasteiger partial charge in [0.05, 0.1) is 6.04 Å². The van der Waals surface area contributed by atoms with Gasteiger partial charge in [-0.1, -0.05) is 6.07 Å². The average Bonchev–Trinajstić information content (AvgIpc) is 3.12. The molecule has 1 heterocycles. The maximum Gasteiger partial charge on any atom is 0.431 e. The van der Waals surface area contributed by atoms with Crippen LogP contribution < -0.4 is 11.1 Å². The van der Waals surface area contributed by atoms with Crippen molar-refractivity contribution in [2.24, 2.45) is 10.7 Å². The van der Waals surface area contributed by atoms with Crippen LogP contribution in [0, 0.1) is 0 Å². The molecule has 1 amide bonds. The van der Waals surface area contributed by atoms with Crippen molar-refractivity contribution in [1.82, 2.24) is 5.32 Å². The second-order valence-corrected chi connectivity index (χ2v) is 7.31. The number of hydrogen-bond acceptors (Lipinski definition) is 4. The predicted octanol–water partition coefficient (Wildman–Crippen LogP) is 4.50. The smallest absolute Gasteiger partial charge is 0.394 e. The van der Waals surface area contributed by atoms with E-state index in [0.29, 0.717) is 44.4 Å². The summed E-state index contributed by atoms with van der Waals surface area (Å²) in [5.74, 6) is -0.0830. The van der Waals surface area contributed by atoms with Gasteiger partial charge in [0.15, 0.2) is 0 Å². The number of amides is 1. The van der Waals surface area contributed by atoms with Crippen LogP contribution in [-0.2, 0) is 4.79 Å². The van der Waals surface area contributed by atoms with Crippen LogP contribution in [0.5, 0.6) is 0 Å². The summed E-state index contributed by atoms with van der Waals surface area (Å²) in [5.41, 5.74) is 4.82. The summed E-state index contributed by atoms with van der Waals surface area (Å²) in [6.45, 7) is 2.24. The summed E-state index contributed by atoms with van der Waals surface area (Å²) in [6, 6.07) is 3.85. The molecule has 0 aliphatic heterocycles. The molecule has 26 heavy (non-hydrogen) atoms. The number of thiophene rings is 1. The number of carbonyl (C=O) groups is 1. The van der Waals surface area contributed by atoms with Gasteiger partial charge in [-0.05, 0) is 50.5 Å². The van der Waals surface area contributed by atoms with E-state index in [1.807, 2.05) is 24.4 Å². The van der Waals surface area contributed by atoms with Crippen LogP contribution >= 0.6 is 11.3 Å². The van der Waals surface area contributed by atoms with Gasteiger partial charge in [-0.25, -0.2) is 0 Å². The van der Waals surface area contributed by atoms with E-state index in [2.05, 4.69) is 10.3 Å². The van der Waals surface area contributed by atoms with E-state index in [4.69, 9.17) is 5.73 Å². The normalized spacial score (nSPS) is 20.1. The lowest BCUT2D eigenvalue weighted by atomic mass is 9.91. The van der Waals surface area contributed by atoms with E-state index < -0.39 is 11.9 Å². The van der Waals surface area contributed by atoms with Crippen molar-refractivity contribution in [3.05, 3.63) is 33.7 Å². The molecule has 0 radical (unpaired) electrons. The first kappa shape index (κ1) is 20.5. The van der Waals surface area contributed by atoms with Crippen molar-refractivity contribution in [2.75, 3.05) is 6.54 Å². The zero-order valence-electron chi connectivity index (χ0n) is 14.7. The minimum Gasteiger partial charge on any atom is -0.394 e. The fraction of sp³-hybridized carbons (Fsp3) is 0.556. The molecule has 8 heteroatoms. The molecule has 1 aliphatic rings. The molecule has 1 aliphatic carbocycles. The predicted molar refractivity (Wildman–Crippen MR) is 98.1 cm³/mol. The molecule has 0 aromatic carbocycles. The topological polar surface area (TPSA) is 67.5 Å². The van der Waals surface area contributed by atoms with Crippen molar-refractivity contribution in [3.8, 4) is 0 Å². The van der Waals surface area contributed by atoms with Gasteiger partial charge in [0.2, 0.25) is 5.91 Å². The lowest BCUT2D eigenvalue weighted by molar-refractivity contribution is -0.121. The largest absolute Gasteiger partial charge is 0.431 e. The SMILES string of the molecule is CC(NC(=O)CCCN=C1CCCCC1=C(N)C(F)(F)F)c1cccs1. The van der Waals surface area contributed by atoms with Crippen LogP contribution in [0.3, 0.4) is 0 Å². The van der Waals surface area contributed by atoms with Crippen molar-refractivity contribution < 1.29 is 18.0 Å². The van der Waals surface area contributed by atoms with Crippen LogP contribution in [0.4, 0.5) is 13.2 Å². The summed E-state index contributed by atoms with van der Waals surface area (Å²) in [5, 5.41) is 4.87. The summed E-state index contributed by atoms with van der Waals surface area (Å²) < 4.78 is 38.5. The number of nitrogens with one attached hydrogen (secondary N) is 1. The number of rotatable bonds is 6. The molecule has 144 valence electrons. The van der Waals surface area contributed by atoms with Crippen molar-refractivity contribution in [1.29, 1.82) is 0 Å². The Labute approximate surface area is 155 Å². The number of hydrogen-bond donors (Lipinski definition) is 2. The Morgan fingerprint density at radius 3 is 2.77 bits per heavy atom. The van der Waals surface area contributed by atoms with Crippen LogP contribution in [-0.4, -0.2) is 24.3 Å². The highest BCUT2D eigenvalue weighted by atomic mass is 32.1. The zero-order valence-corrected chi connectivity index (χ0v) is 15.6. The second-order valence-electron chi connectivity index (χ2n) is 6.33. The van der Waals surface area contributed by atoms with Gasteiger partial charge in [-0.3, -0.25) is 9.79 Å². The molecular formula is C18H24F3N3OS. The van der Waals surface area contributed by atoms with Gasteiger partial charge < -0.3 is 11.1 Å². The van der Waals surface area contributed by atoms with E-state index in [0.717, 1.165) is 11.3 Å². The first-order valence-electron chi connectivity index (χ1n) is 8.71. The van der Waals surface area contributed by atoms with Crippen molar-refractivity contribution in [2.45, 2.75) is 57.7 Å². The van der Waals surface area contributed by atoms with Gasteiger partial charge in [0.1, 0.15) is 5.70 Å². The molecule has 3 N–H and O–H groups in total. The number of aliphatic imine (C=N–C) groups is 1. The standard InChI is InChI=1S/C18H24F3N3OS/c1-12(15-8-5-11-26-15)24-16(25)9-4-10-23-14-7-3-2-6-13(14)17(22)18(19,20)21/h5,8,11-12H,2-4,6-7,9-10,22H2,1H3,(H,24,25). The third kappa shape index (κ3) is 5.86. The van der Waals surface area contributed by atoms with E-state index in [1.54, 1.807) is 11.3 Å². The van der Waals surface area contributed by atoms with E-state index in [-0.39, 0.29) is 17.5 Å². The fourth-order valence-electron chi connectivity index (χ4n) is 2.90. The molecule has 4 nitrogen and oxygen atoms in total. The van der Waals surface area contributed by atoms with Crippen LogP contribution in [0.25, 0.3) is 0 Å². The molecule has 1 aromatic rings. The monoisotopic (exact) mass is 387 g/mol. The number of halogens is 3. The number of allylic oxidation sites excluding steroid dienone is 2. The zero-order chi connectivity index (χ0) is 19.2. The van der Waals surface area contributed by atoms with Crippen LogP contribution in [0.2, 0.25) is 0 Å². The minimum atomic E-state index is -4.52. The van der Waals surface area contributed by atoms with E-state index in [1.165, 1.54) is 0 Å². The van der Waals surface area contributed by atoms with Crippen molar-refractivity contribution >= 4 is 23.0 Å². The molecule has 0 bridgehead atoms. The maximum absolute atomic E-state index is 12.8. The highest BCUT2D eigenvalue weighted by molar-refractivity contribution is 7.10. The molecule has 1 atom stereocenters. The number of nitrogens with zero attached hydrogens (tertiary/aromatic N) is 1. The second kappa shape index (κ2) is 9.21. The highest BCUT2D eigenvalue weighted by Gasteiger charge is 2.35. The summed E-state index contributed by atoms with van der Waals surface area (Å²) >= 11 is 1.58. The van der Waals surface area contributed by atoms with E-state index in [9.17, 15) is 18.0 Å². The fourth-order valence-corrected chi connectivity index (χ4v) is 3.64. The summed E-state index contributed by atoms with van der Waals surface area (Å²) in [4.78, 5) is 17.4. The molecule has 1 unspecified atom stereocenters. The van der Waals surface area contributed by atoms with Crippen LogP contribution in [0.1, 0.15) is 56.4 Å². The Kier molecular flexibility index (Phi) is 7.25. The highest BCUT2D eigenvalue weighted by Crippen LogP contribution is 2.30. The molecule has 1 fully saturated rings. The van der Waals surface area contributed by atoms with Gasteiger partial charge in [-0.15, -0.1) is 11.3 Å². The molecule has 1 saturated carbocycles. The average molecular weight is 387 g/mol. The molecule has 2 rings (SSSR count). The van der Waals surface area contributed by atoms with Gasteiger partial charge in [0.25, 0.3) is 0 Å². The Bertz CT molecular complexity index is 666. The lowest BCUT2D eigenvalue weighted by Gasteiger charge is -2.21. The Balaban J connectivity index is 1.85. The lowest BCUT2D eigenvalue weighted by Crippen LogP contribution is -2.26. The Morgan fingerprint density at radius 2 is 2.12 bits per heavy atom. The van der Waals surface area contributed by atoms with Crippen LogP contribution in [0.15, 0.2) is 33.8 Å². The molecule has 0 saturated heterocycles. The van der Waals surface area contributed by atoms with E-state index >= 15 is 0 Å². The Hall–Kier alpha value is -1.83. The van der Waals surface area contributed by atoms with Gasteiger partial charge in [0, 0.05) is 29.1 Å². The van der Waals surface area contributed by atoms with Gasteiger partial charge in [-0.2, -0.15) is 13.2 Å². The number of nitrogens with two attached hydrogens (primary N) is 1. The Morgan fingerprint density at radius 1 is 1.38 bits per heavy atom. The first-order chi connectivity index (χ1) is 12.3. The third-order valence-corrected chi connectivity index (χ3v) is 5.34. The first-order valence-corrected chi connectivity index (χ1v) is 9.59. The molecule has 1 aromatic heterocycles. The molecule has 0 spiro atoms. The number of alkyl halides is 3. The number of carbonyl (C=O) groups excluding carboxylic acids is 1. The van der Waals surface area contributed by atoms with Gasteiger partial charge >= 0.3 is 6.18 Å². The molecular weight excluding hydrogens is 363 g/mol. The minimum absolute atomic E-state index is 0.0479. The third-order valence-electron chi connectivity index (χ3n) is 4.28. The summed E-state index contributed by atoms with van der Waals surface area (Å²) in [7, 11) is 0. The summed E-state index contributed by atoms with van der Waals surface area (Å²) in [6.07, 6.45) is -1.42. The maximum atomic E-state index is 12.8. The van der Waals surface area contributed by atoms with Crippen molar-refractivity contribution in [3.63, 3.8) is 0 Å².